The minimum Gasteiger partial charge on any atom is -0.358 e. The quantitative estimate of drug-likeness (QED) is 0.660. The lowest BCUT2D eigenvalue weighted by Crippen LogP contribution is -2.53. The van der Waals surface area contributed by atoms with E-state index in [4.69, 9.17) is 0 Å². The zero-order chi connectivity index (χ0) is 20.1. The van der Waals surface area contributed by atoms with Crippen LogP contribution in [0.5, 0.6) is 0 Å². The summed E-state index contributed by atoms with van der Waals surface area (Å²) in [6.45, 7) is 7.32. The van der Waals surface area contributed by atoms with E-state index in [-0.39, 0.29) is 29.7 Å². The standard InChI is InChI=1S/C21H30F3NO2/c1-18(2,3)15-6-4-14(5-7-15)17-19(12-13-25-17)10-8-16(9-11-19)20(26,27)21(22,23)24/h4-7,16-17,25-27H,8-13H2,1-3H3. The van der Waals surface area contributed by atoms with Crippen LogP contribution in [0.4, 0.5) is 13.2 Å². The number of aliphatic hydroxyl groups is 2. The van der Waals surface area contributed by atoms with Crippen LogP contribution in [0, 0.1) is 11.3 Å². The molecule has 1 aliphatic heterocycles. The molecule has 1 aromatic rings. The van der Waals surface area contributed by atoms with E-state index in [9.17, 15) is 23.4 Å². The summed E-state index contributed by atoms with van der Waals surface area (Å²) >= 11 is 0. The zero-order valence-corrected chi connectivity index (χ0v) is 16.2. The highest BCUT2D eigenvalue weighted by molar-refractivity contribution is 5.31. The first kappa shape index (κ1) is 20.6. The van der Waals surface area contributed by atoms with Crippen molar-refractivity contribution in [3.05, 3.63) is 35.4 Å². The van der Waals surface area contributed by atoms with Crippen LogP contribution in [0.1, 0.15) is 70.0 Å². The van der Waals surface area contributed by atoms with Crippen molar-refractivity contribution in [2.75, 3.05) is 6.54 Å². The predicted molar refractivity (Wildman–Crippen MR) is 98.1 cm³/mol. The van der Waals surface area contributed by atoms with Crippen LogP contribution >= 0.6 is 0 Å². The highest BCUT2D eigenvalue weighted by Crippen LogP contribution is 2.55. The third kappa shape index (κ3) is 3.76. The van der Waals surface area contributed by atoms with Crippen LogP contribution in [-0.4, -0.2) is 28.7 Å². The SMILES string of the molecule is CC(C)(C)c1ccc(C2NCCC23CCC(C(O)(O)C(F)(F)F)CC3)cc1. The Morgan fingerprint density at radius 3 is 2.00 bits per heavy atom. The second kappa shape index (κ2) is 6.75. The second-order valence-electron chi connectivity index (χ2n) is 9.37. The largest absolute Gasteiger partial charge is 0.443 e. The molecule has 0 amide bonds. The Morgan fingerprint density at radius 2 is 1.52 bits per heavy atom. The molecule has 0 aromatic heterocycles. The van der Waals surface area contributed by atoms with Crippen LogP contribution in [0.3, 0.4) is 0 Å². The first-order valence-electron chi connectivity index (χ1n) is 9.72. The van der Waals surface area contributed by atoms with Crippen molar-refractivity contribution in [2.24, 2.45) is 11.3 Å². The topological polar surface area (TPSA) is 52.5 Å². The van der Waals surface area contributed by atoms with Gasteiger partial charge in [-0.25, -0.2) is 0 Å². The summed E-state index contributed by atoms with van der Waals surface area (Å²) in [4.78, 5) is 0. The highest BCUT2D eigenvalue weighted by Gasteiger charge is 2.59. The molecule has 2 fully saturated rings. The summed E-state index contributed by atoms with van der Waals surface area (Å²) in [5.41, 5.74) is 2.37. The van der Waals surface area contributed by atoms with Crippen molar-refractivity contribution in [3.63, 3.8) is 0 Å². The average Bonchev–Trinajstić information content (AvgIpc) is 2.96. The lowest BCUT2D eigenvalue weighted by molar-refractivity contribution is -0.373. The normalized spacial score (nSPS) is 30.1. The van der Waals surface area contributed by atoms with Gasteiger partial charge >= 0.3 is 6.18 Å². The van der Waals surface area contributed by atoms with Crippen LogP contribution in [0.25, 0.3) is 0 Å². The van der Waals surface area contributed by atoms with Gasteiger partial charge in [0.1, 0.15) is 0 Å². The van der Waals surface area contributed by atoms with Gasteiger partial charge in [-0.2, -0.15) is 13.2 Å². The molecule has 6 heteroatoms. The van der Waals surface area contributed by atoms with Gasteiger partial charge in [0.2, 0.25) is 0 Å². The molecule has 1 saturated heterocycles. The lowest BCUT2D eigenvalue weighted by Gasteiger charge is -2.44. The maximum atomic E-state index is 13.0. The van der Waals surface area contributed by atoms with Crippen LogP contribution in [0.15, 0.2) is 24.3 Å². The van der Waals surface area contributed by atoms with Gasteiger partial charge in [0.05, 0.1) is 0 Å². The van der Waals surface area contributed by atoms with Gasteiger partial charge in [-0.1, -0.05) is 45.0 Å². The maximum absolute atomic E-state index is 13.0. The minimum atomic E-state index is -5.02. The third-order valence-electron chi connectivity index (χ3n) is 6.66. The molecule has 27 heavy (non-hydrogen) atoms. The Balaban J connectivity index is 1.76. The summed E-state index contributed by atoms with van der Waals surface area (Å²) in [6.07, 6.45) is -2.64. The molecule has 3 N–H and O–H groups in total. The monoisotopic (exact) mass is 385 g/mol. The molecule has 1 unspecified atom stereocenters. The second-order valence-corrected chi connectivity index (χ2v) is 9.37. The van der Waals surface area contributed by atoms with Gasteiger partial charge in [0.15, 0.2) is 0 Å². The number of nitrogens with one attached hydrogen (secondary N) is 1. The fourth-order valence-corrected chi connectivity index (χ4v) is 4.84. The van der Waals surface area contributed by atoms with E-state index < -0.39 is 17.9 Å². The highest BCUT2D eigenvalue weighted by atomic mass is 19.4. The summed E-state index contributed by atoms with van der Waals surface area (Å²) in [5.74, 6) is -4.75. The number of rotatable bonds is 2. The molecule has 2 aliphatic rings. The Labute approximate surface area is 159 Å². The first-order valence-corrected chi connectivity index (χ1v) is 9.72. The smallest absolute Gasteiger partial charge is 0.358 e. The predicted octanol–water partition coefficient (Wildman–Crippen LogP) is 4.44. The van der Waals surface area contributed by atoms with E-state index >= 15 is 0 Å². The summed E-state index contributed by atoms with van der Waals surface area (Å²) in [7, 11) is 0. The lowest BCUT2D eigenvalue weighted by atomic mass is 9.63. The van der Waals surface area contributed by atoms with Gasteiger partial charge in [-0.05, 0) is 60.6 Å². The Morgan fingerprint density at radius 1 is 0.963 bits per heavy atom. The molecule has 1 aliphatic carbocycles. The van der Waals surface area contributed by atoms with Crippen molar-refractivity contribution >= 4 is 0 Å². The molecule has 3 rings (SSSR count). The number of hydrogen-bond donors (Lipinski definition) is 3. The first-order chi connectivity index (χ1) is 12.4. The number of benzene rings is 1. The fourth-order valence-electron chi connectivity index (χ4n) is 4.84. The summed E-state index contributed by atoms with van der Waals surface area (Å²) < 4.78 is 38.9. The van der Waals surface area contributed by atoms with Crippen molar-refractivity contribution in [2.45, 2.75) is 76.3 Å². The van der Waals surface area contributed by atoms with Gasteiger partial charge in [0, 0.05) is 12.0 Å². The Kier molecular flexibility index (Phi) is 5.15. The fraction of sp³-hybridized carbons (Fsp3) is 0.714. The Hall–Kier alpha value is -1.11. The zero-order valence-electron chi connectivity index (χ0n) is 16.2. The van der Waals surface area contributed by atoms with E-state index in [0.717, 1.165) is 18.5 Å². The van der Waals surface area contributed by atoms with Crippen LogP contribution < -0.4 is 5.32 Å². The molecule has 3 nitrogen and oxygen atoms in total. The van der Waals surface area contributed by atoms with Gasteiger partial charge in [-0.3, -0.25) is 0 Å². The van der Waals surface area contributed by atoms with E-state index in [1.54, 1.807) is 0 Å². The van der Waals surface area contributed by atoms with Crippen LogP contribution in [0.2, 0.25) is 0 Å². The molecule has 152 valence electrons. The summed E-state index contributed by atoms with van der Waals surface area (Å²) in [5, 5.41) is 22.8. The molecule has 0 radical (unpaired) electrons. The molecular weight excluding hydrogens is 355 g/mol. The maximum Gasteiger partial charge on any atom is 0.443 e. The average molecular weight is 385 g/mol. The molecule has 1 spiro atoms. The molecule has 1 aromatic carbocycles. The number of alkyl halides is 3. The van der Waals surface area contributed by atoms with E-state index in [1.165, 1.54) is 5.56 Å². The summed E-state index contributed by atoms with van der Waals surface area (Å²) in [6, 6.07) is 8.60. The van der Waals surface area contributed by atoms with Crippen molar-refractivity contribution in [3.8, 4) is 0 Å². The van der Waals surface area contributed by atoms with Crippen molar-refractivity contribution in [1.82, 2.24) is 5.32 Å². The van der Waals surface area contributed by atoms with E-state index in [2.05, 4.69) is 50.4 Å². The number of halogens is 3. The molecule has 0 bridgehead atoms. The van der Waals surface area contributed by atoms with E-state index in [0.29, 0.717) is 12.8 Å². The molecular formula is C21H30F3NO2. The molecule has 1 atom stereocenters. The Bertz CT molecular complexity index is 653. The molecule has 1 heterocycles. The van der Waals surface area contributed by atoms with E-state index in [1.807, 2.05) is 0 Å². The van der Waals surface area contributed by atoms with Crippen molar-refractivity contribution in [1.29, 1.82) is 0 Å². The minimum absolute atomic E-state index is 0.0700. The third-order valence-corrected chi connectivity index (χ3v) is 6.66. The van der Waals surface area contributed by atoms with Gasteiger partial charge in [0.25, 0.3) is 5.79 Å². The number of hydrogen-bond acceptors (Lipinski definition) is 3. The van der Waals surface area contributed by atoms with Gasteiger partial charge in [-0.15, -0.1) is 0 Å². The van der Waals surface area contributed by atoms with Gasteiger partial charge < -0.3 is 15.5 Å². The van der Waals surface area contributed by atoms with Crippen molar-refractivity contribution < 1.29 is 23.4 Å². The molecule has 1 saturated carbocycles. The van der Waals surface area contributed by atoms with Crippen LogP contribution in [-0.2, 0) is 5.41 Å².